The van der Waals surface area contributed by atoms with Crippen molar-refractivity contribution in [3.63, 3.8) is 0 Å². The van der Waals surface area contributed by atoms with Gasteiger partial charge in [-0.25, -0.2) is 28.1 Å². The van der Waals surface area contributed by atoms with Crippen molar-refractivity contribution < 1.29 is 13.2 Å². The van der Waals surface area contributed by atoms with E-state index in [2.05, 4.69) is 25.2 Å². The maximum atomic E-state index is 14.9. The topological polar surface area (TPSA) is 58.9 Å². The van der Waals surface area contributed by atoms with Crippen LogP contribution in [0.25, 0.3) is 22.3 Å². The van der Waals surface area contributed by atoms with Crippen LogP contribution in [0, 0.1) is 24.4 Å². The van der Waals surface area contributed by atoms with Crippen LogP contribution in [-0.4, -0.2) is 37.5 Å². The third-order valence-corrected chi connectivity index (χ3v) is 6.36. The highest BCUT2D eigenvalue weighted by atomic mass is 19.1. The van der Waals surface area contributed by atoms with Gasteiger partial charge in [0.15, 0.2) is 11.6 Å². The standard InChI is InChI=1S/C26H27F3N6/c1-15(2)35-16(3)31-25-21(28)10-18(11-23(25)35)24-22(29)13-30-26(33-24)32-19-7-6-17(20(27)12-19)14-34-8-4-5-9-34/h6-7,10-13,15H,4-5,8-9,14H2,1-3H3,(H,30,32,33). The van der Waals surface area contributed by atoms with Crippen LogP contribution < -0.4 is 5.32 Å². The molecule has 182 valence electrons. The Morgan fingerprint density at radius 3 is 2.46 bits per heavy atom. The van der Waals surface area contributed by atoms with Crippen molar-refractivity contribution in [3.05, 3.63) is 65.4 Å². The molecule has 0 atom stereocenters. The summed E-state index contributed by atoms with van der Waals surface area (Å²) in [5.41, 5.74) is 2.09. The third-order valence-electron chi connectivity index (χ3n) is 6.36. The van der Waals surface area contributed by atoms with Crippen molar-refractivity contribution in [1.82, 2.24) is 24.4 Å². The highest BCUT2D eigenvalue weighted by molar-refractivity contribution is 5.83. The van der Waals surface area contributed by atoms with Crippen molar-refractivity contribution in [2.75, 3.05) is 18.4 Å². The van der Waals surface area contributed by atoms with Gasteiger partial charge in [-0.05, 0) is 71.0 Å². The molecule has 0 bridgehead atoms. The molecule has 1 saturated heterocycles. The lowest BCUT2D eigenvalue weighted by atomic mass is 10.1. The van der Waals surface area contributed by atoms with E-state index in [1.807, 2.05) is 25.3 Å². The Labute approximate surface area is 201 Å². The Hall–Kier alpha value is -3.46. The fourth-order valence-corrected chi connectivity index (χ4v) is 4.75. The van der Waals surface area contributed by atoms with Gasteiger partial charge in [-0.3, -0.25) is 4.90 Å². The minimum Gasteiger partial charge on any atom is -0.326 e. The van der Waals surface area contributed by atoms with E-state index in [0.717, 1.165) is 32.1 Å². The second-order valence-electron chi connectivity index (χ2n) is 9.25. The van der Waals surface area contributed by atoms with E-state index in [1.165, 1.54) is 12.1 Å². The summed E-state index contributed by atoms with van der Waals surface area (Å²) in [7, 11) is 0. The van der Waals surface area contributed by atoms with E-state index >= 15 is 0 Å². The minimum atomic E-state index is -0.686. The predicted molar refractivity (Wildman–Crippen MR) is 130 cm³/mol. The summed E-state index contributed by atoms with van der Waals surface area (Å²) < 4.78 is 46.2. The number of benzene rings is 2. The Morgan fingerprint density at radius 2 is 1.74 bits per heavy atom. The van der Waals surface area contributed by atoms with Crippen LogP contribution in [0.5, 0.6) is 0 Å². The molecule has 0 radical (unpaired) electrons. The first-order valence-electron chi connectivity index (χ1n) is 11.8. The number of nitrogens with one attached hydrogen (secondary N) is 1. The Kier molecular flexibility index (Phi) is 6.19. The fourth-order valence-electron chi connectivity index (χ4n) is 4.75. The van der Waals surface area contributed by atoms with Gasteiger partial charge >= 0.3 is 0 Å². The highest BCUT2D eigenvalue weighted by Crippen LogP contribution is 2.30. The van der Waals surface area contributed by atoms with Gasteiger partial charge in [0.1, 0.15) is 22.9 Å². The molecule has 2 aromatic heterocycles. The molecule has 1 N–H and O–H groups in total. The number of imidazole rings is 1. The normalized spacial score (nSPS) is 14.4. The monoisotopic (exact) mass is 480 g/mol. The number of anilines is 2. The highest BCUT2D eigenvalue weighted by Gasteiger charge is 2.19. The SMILES string of the molecule is Cc1nc2c(F)cc(-c3nc(Nc4ccc(CN5CCCC5)c(F)c4)ncc3F)cc2n1C(C)C. The van der Waals surface area contributed by atoms with Gasteiger partial charge in [0, 0.05) is 29.4 Å². The van der Waals surface area contributed by atoms with Crippen LogP contribution in [-0.2, 0) is 6.54 Å². The van der Waals surface area contributed by atoms with Crippen molar-refractivity contribution in [1.29, 1.82) is 0 Å². The van der Waals surface area contributed by atoms with Crippen molar-refractivity contribution in [2.24, 2.45) is 0 Å². The first-order chi connectivity index (χ1) is 16.8. The molecule has 9 heteroatoms. The summed E-state index contributed by atoms with van der Waals surface area (Å²) in [5.74, 6) is -0.806. The number of nitrogens with zero attached hydrogens (tertiary/aromatic N) is 5. The molecule has 1 aliphatic rings. The Morgan fingerprint density at radius 1 is 0.971 bits per heavy atom. The minimum absolute atomic E-state index is 0.0467. The summed E-state index contributed by atoms with van der Waals surface area (Å²) in [6.07, 6.45) is 3.30. The van der Waals surface area contributed by atoms with E-state index in [1.54, 1.807) is 18.2 Å². The number of likely N-dealkylation sites (tertiary alicyclic amines) is 1. The number of hydrogen-bond acceptors (Lipinski definition) is 5. The van der Waals surface area contributed by atoms with Gasteiger partial charge in [-0.2, -0.15) is 0 Å². The molecule has 0 unspecified atom stereocenters. The molecule has 4 aromatic rings. The first kappa shape index (κ1) is 23.3. The second-order valence-corrected chi connectivity index (χ2v) is 9.25. The molecule has 0 saturated carbocycles. The fraction of sp³-hybridized carbons (Fsp3) is 0.346. The molecule has 0 amide bonds. The van der Waals surface area contributed by atoms with Gasteiger partial charge < -0.3 is 9.88 Å². The molecule has 0 aliphatic carbocycles. The average Bonchev–Trinajstić information content (AvgIpc) is 3.44. The predicted octanol–water partition coefficient (Wildman–Crippen LogP) is 6.14. The van der Waals surface area contributed by atoms with Crippen LogP contribution in [0.2, 0.25) is 0 Å². The van der Waals surface area contributed by atoms with Crippen LogP contribution in [0.1, 0.15) is 44.1 Å². The van der Waals surface area contributed by atoms with Crippen molar-refractivity contribution in [3.8, 4) is 11.3 Å². The van der Waals surface area contributed by atoms with Gasteiger partial charge in [0.2, 0.25) is 5.95 Å². The largest absolute Gasteiger partial charge is 0.326 e. The molecule has 2 aromatic carbocycles. The Bertz CT molecular complexity index is 1390. The van der Waals surface area contributed by atoms with Crippen LogP contribution in [0.3, 0.4) is 0 Å². The number of halogens is 3. The van der Waals surface area contributed by atoms with Crippen LogP contribution >= 0.6 is 0 Å². The Balaban J connectivity index is 1.45. The van der Waals surface area contributed by atoms with Gasteiger partial charge in [-0.1, -0.05) is 6.07 Å². The van der Waals surface area contributed by atoms with Crippen LogP contribution in [0.4, 0.5) is 24.8 Å². The average molecular weight is 481 g/mol. The maximum Gasteiger partial charge on any atom is 0.227 e. The zero-order valence-electron chi connectivity index (χ0n) is 19.9. The van der Waals surface area contributed by atoms with Crippen LogP contribution in [0.15, 0.2) is 36.5 Å². The lowest BCUT2D eigenvalue weighted by Crippen LogP contribution is -2.19. The summed E-state index contributed by atoms with van der Waals surface area (Å²) >= 11 is 0. The smallest absolute Gasteiger partial charge is 0.227 e. The number of aryl methyl sites for hydroxylation is 1. The van der Waals surface area contributed by atoms with E-state index in [0.29, 0.717) is 29.1 Å². The van der Waals surface area contributed by atoms with Crippen molar-refractivity contribution in [2.45, 2.75) is 46.2 Å². The molecule has 6 nitrogen and oxygen atoms in total. The summed E-state index contributed by atoms with van der Waals surface area (Å²) in [6.45, 7) is 8.29. The van der Waals surface area contributed by atoms with Crippen molar-refractivity contribution >= 4 is 22.7 Å². The third kappa shape index (κ3) is 4.60. The molecule has 1 aliphatic heterocycles. The zero-order valence-corrected chi connectivity index (χ0v) is 19.9. The van der Waals surface area contributed by atoms with E-state index in [-0.39, 0.29) is 34.6 Å². The molecule has 0 spiro atoms. The van der Waals surface area contributed by atoms with E-state index in [9.17, 15) is 13.2 Å². The lowest BCUT2D eigenvalue weighted by Gasteiger charge is -2.15. The summed E-state index contributed by atoms with van der Waals surface area (Å²) in [4.78, 5) is 14.8. The van der Waals surface area contributed by atoms with E-state index in [4.69, 9.17) is 0 Å². The van der Waals surface area contributed by atoms with Gasteiger partial charge in [0.05, 0.1) is 11.7 Å². The second kappa shape index (κ2) is 9.30. The molecule has 3 heterocycles. The quantitative estimate of drug-likeness (QED) is 0.359. The number of hydrogen-bond donors (Lipinski definition) is 1. The number of rotatable bonds is 6. The first-order valence-corrected chi connectivity index (χ1v) is 11.8. The molecular formula is C26H27F3N6. The molecule has 5 rings (SSSR count). The molecule has 35 heavy (non-hydrogen) atoms. The van der Waals surface area contributed by atoms with E-state index < -0.39 is 11.6 Å². The number of aromatic nitrogens is 4. The van der Waals surface area contributed by atoms with Gasteiger partial charge in [0.25, 0.3) is 0 Å². The lowest BCUT2D eigenvalue weighted by molar-refractivity contribution is 0.325. The number of fused-ring (bicyclic) bond motifs is 1. The summed E-state index contributed by atoms with van der Waals surface area (Å²) in [5, 5.41) is 2.93. The van der Waals surface area contributed by atoms with Gasteiger partial charge in [-0.15, -0.1) is 0 Å². The summed E-state index contributed by atoms with van der Waals surface area (Å²) in [6, 6.07) is 7.82. The molecule has 1 fully saturated rings. The zero-order chi connectivity index (χ0) is 24.7. The maximum absolute atomic E-state index is 14.9. The molecular weight excluding hydrogens is 453 g/mol.